The molecule has 23 heavy (non-hydrogen) atoms. The molecule has 0 radical (unpaired) electrons. The Morgan fingerprint density at radius 1 is 0.826 bits per heavy atom. The molecule has 0 bridgehead atoms. The molecule has 0 aliphatic heterocycles. The van der Waals surface area contributed by atoms with Gasteiger partial charge in [0, 0.05) is 16.0 Å². The second-order valence-corrected chi connectivity index (χ2v) is 6.11. The molecule has 114 valence electrons. The largest absolute Gasteiger partial charge is 0.375 e. The highest BCUT2D eigenvalue weighted by Gasteiger charge is 2.29. The number of hydrogen-bond donors (Lipinski definition) is 2. The van der Waals surface area contributed by atoms with Crippen LogP contribution >= 0.6 is 11.3 Å². The second-order valence-electron chi connectivity index (χ2n) is 5.13. The summed E-state index contributed by atoms with van der Waals surface area (Å²) < 4.78 is 0. The lowest BCUT2D eigenvalue weighted by atomic mass is 9.87. The summed E-state index contributed by atoms with van der Waals surface area (Å²) in [5, 5.41) is 23.3. The van der Waals surface area contributed by atoms with Gasteiger partial charge in [-0.2, -0.15) is 0 Å². The lowest BCUT2D eigenvalue weighted by Gasteiger charge is -2.23. The highest BCUT2D eigenvalue weighted by Crippen LogP contribution is 2.29. The Labute approximate surface area is 139 Å². The van der Waals surface area contributed by atoms with Crippen molar-refractivity contribution in [2.75, 3.05) is 0 Å². The predicted molar refractivity (Wildman–Crippen MR) is 92.9 cm³/mol. The molecular formula is C20H16O2S. The number of aliphatic hydroxyl groups is 2. The van der Waals surface area contributed by atoms with Gasteiger partial charge in [-0.3, -0.25) is 0 Å². The highest BCUT2D eigenvalue weighted by molar-refractivity contribution is 7.10. The molecule has 2 aromatic carbocycles. The van der Waals surface area contributed by atoms with Crippen molar-refractivity contribution in [3.05, 3.63) is 94.2 Å². The summed E-state index contributed by atoms with van der Waals surface area (Å²) in [7, 11) is 0. The molecule has 3 heteroatoms. The van der Waals surface area contributed by atoms with Gasteiger partial charge in [0.25, 0.3) is 0 Å². The summed E-state index contributed by atoms with van der Waals surface area (Å²) in [4.78, 5) is 0.765. The molecule has 1 heterocycles. The Morgan fingerprint density at radius 3 is 1.87 bits per heavy atom. The van der Waals surface area contributed by atoms with Gasteiger partial charge >= 0.3 is 0 Å². The van der Waals surface area contributed by atoms with Gasteiger partial charge < -0.3 is 10.2 Å². The van der Waals surface area contributed by atoms with Gasteiger partial charge in [0.2, 0.25) is 0 Å². The minimum atomic E-state index is -1.46. The van der Waals surface area contributed by atoms with Gasteiger partial charge in [-0.05, 0) is 11.4 Å². The maximum atomic E-state index is 11.2. The number of thiophene rings is 1. The minimum absolute atomic E-state index is 0.678. The first-order valence-corrected chi connectivity index (χ1v) is 8.16. The Morgan fingerprint density at radius 2 is 1.39 bits per heavy atom. The standard InChI is InChI=1S/C20H16O2S/c21-18(19-12-7-15-23-19)13-14-20(22,16-8-3-1-4-9-16)17-10-5-2-6-11-17/h1-12,15,18,21-22H/t18-/m0/s1. The van der Waals surface area contributed by atoms with E-state index in [4.69, 9.17) is 0 Å². The van der Waals surface area contributed by atoms with E-state index >= 15 is 0 Å². The van der Waals surface area contributed by atoms with E-state index in [2.05, 4.69) is 11.8 Å². The zero-order chi connectivity index (χ0) is 16.1. The summed E-state index contributed by atoms with van der Waals surface area (Å²) in [5.74, 6) is 5.67. The van der Waals surface area contributed by atoms with Crippen LogP contribution in [0.3, 0.4) is 0 Å². The average molecular weight is 320 g/mol. The molecular weight excluding hydrogens is 304 g/mol. The van der Waals surface area contributed by atoms with Crippen molar-refractivity contribution in [1.29, 1.82) is 0 Å². The molecule has 1 atom stereocenters. The zero-order valence-electron chi connectivity index (χ0n) is 12.4. The van der Waals surface area contributed by atoms with Crippen LogP contribution in [0.5, 0.6) is 0 Å². The van der Waals surface area contributed by atoms with Gasteiger partial charge in [-0.15, -0.1) is 11.3 Å². The third-order valence-corrected chi connectivity index (χ3v) is 4.51. The molecule has 0 saturated carbocycles. The van der Waals surface area contributed by atoms with Crippen LogP contribution in [0.15, 0.2) is 78.2 Å². The maximum Gasteiger partial charge on any atom is 0.176 e. The predicted octanol–water partition coefficient (Wildman–Crippen LogP) is 3.72. The van der Waals surface area contributed by atoms with Crippen LogP contribution in [0, 0.1) is 11.8 Å². The van der Waals surface area contributed by atoms with Crippen molar-refractivity contribution >= 4 is 11.3 Å². The summed E-state index contributed by atoms with van der Waals surface area (Å²) in [6.45, 7) is 0. The van der Waals surface area contributed by atoms with Gasteiger partial charge in [0.1, 0.15) is 6.10 Å². The molecule has 0 aliphatic rings. The quantitative estimate of drug-likeness (QED) is 0.722. The van der Waals surface area contributed by atoms with Gasteiger partial charge in [0.05, 0.1) is 0 Å². The minimum Gasteiger partial charge on any atom is -0.375 e. The topological polar surface area (TPSA) is 40.5 Å². The van der Waals surface area contributed by atoms with Crippen molar-refractivity contribution in [3.63, 3.8) is 0 Å². The van der Waals surface area contributed by atoms with Crippen LogP contribution in [-0.4, -0.2) is 10.2 Å². The Kier molecular flexibility index (Phi) is 4.59. The van der Waals surface area contributed by atoms with Crippen LogP contribution in [-0.2, 0) is 5.60 Å². The second kappa shape index (κ2) is 6.80. The fraction of sp³-hybridized carbons (Fsp3) is 0.100. The molecule has 0 spiro atoms. The molecule has 2 nitrogen and oxygen atoms in total. The van der Waals surface area contributed by atoms with Crippen LogP contribution in [0.2, 0.25) is 0 Å². The molecule has 2 N–H and O–H groups in total. The summed E-state index contributed by atoms with van der Waals surface area (Å²) >= 11 is 1.44. The number of benzene rings is 2. The normalized spacial score (nSPS) is 12.3. The molecule has 0 unspecified atom stereocenters. The highest BCUT2D eigenvalue weighted by atomic mass is 32.1. The first-order valence-electron chi connectivity index (χ1n) is 7.28. The summed E-state index contributed by atoms with van der Waals surface area (Å²) in [5.41, 5.74) is -0.102. The van der Waals surface area contributed by atoms with Crippen molar-refractivity contribution in [3.8, 4) is 11.8 Å². The first kappa shape index (κ1) is 15.5. The van der Waals surface area contributed by atoms with E-state index in [1.807, 2.05) is 78.2 Å². The SMILES string of the molecule is O[C@@H](C#CC(O)(c1ccccc1)c1ccccc1)c1cccs1. The summed E-state index contributed by atoms with van der Waals surface area (Å²) in [6.07, 6.45) is -0.908. The molecule has 0 amide bonds. The molecule has 3 rings (SSSR count). The van der Waals surface area contributed by atoms with Crippen molar-refractivity contribution in [2.45, 2.75) is 11.7 Å². The smallest absolute Gasteiger partial charge is 0.176 e. The van der Waals surface area contributed by atoms with Crippen molar-refractivity contribution in [2.24, 2.45) is 0 Å². The number of aliphatic hydroxyl groups excluding tert-OH is 1. The lowest BCUT2D eigenvalue weighted by Crippen LogP contribution is -2.25. The van der Waals surface area contributed by atoms with Crippen LogP contribution < -0.4 is 0 Å². The fourth-order valence-electron chi connectivity index (χ4n) is 2.36. The average Bonchev–Trinajstić information content (AvgIpc) is 3.16. The molecule has 0 saturated heterocycles. The molecule has 1 aromatic heterocycles. The zero-order valence-corrected chi connectivity index (χ0v) is 13.2. The van der Waals surface area contributed by atoms with Crippen LogP contribution in [0.25, 0.3) is 0 Å². The first-order chi connectivity index (χ1) is 11.2. The molecule has 0 fully saturated rings. The van der Waals surface area contributed by atoms with E-state index in [0.29, 0.717) is 11.1 Å². The van der Waals surface area contributed by atoms with E-state index in [0.717, 1.165) is 4.88 Å². The third kappa shape index (κ3) is 3.35. The van der Waals surface area contributed by atoms with Crippen LogP contribution in [0.1, 0.15) is 22.1 Å². The van der Waals surface area contributed by atoms with Crippen LogP contribution in [0.4, 0.5) is 0 Å². The lowest BCUT2D eigenvalue weighted by molar-refractivity contribution is 0.144. The number of hydrogen-bond acceptors (Lipinski definition) is 3. The number of rotatable bonds is 3. The van der Waals surface area contributed by atoms with E-state index in [9.17, 15) is 10.2 Å². The summed E-state index contributed by atoms with van der Waals surface area (Å²) in [6, 6.07) is 22.3. The maximum absolute atomic E-state index is 11.2. The monoisotopic (exact) mass is 320 g/mol. The van der Waals surface area contributed by atoms with E-state index in [-0.39, 0.29) is 0 Å². The van der Waals surface area contributed by atoms with Crippen molar-refractivity contribution < 1.29 is 10.2 Å². The van der Waals surface area contributed by atoms with E-state index in [1.54, 1.807) is 0 Å². The fourth-order valence-corrected chi connectivity index (χ4v) is 3.02. The Balaban J connectivity index is 2.04. The molecule has 0 aliphatic carbocycles. The third-order valence-electron chi connectivity index (χ3n) is 3.59. The molecule has 3 aromatic rings. The van der Waals surface area contributed by atoms with E-state index < -0.39 is 11.7 Å². The Bertz CT molecular complexity index is 760. The van der Waals surface area contributed by atoms with Gasteiger partial charge in [-0.25, -0.2) is 0 Å². The van der Waals surface area contributed by atoms with E-state index in [1.165, 1.54) is 11.3 Å². The van der Waals surface area contributed by atoms with Gasteiger partial charge in [-0.1, -0.05) is 78.6 Å². The van der Waals surface area contributed by atoms with Gasteiger partial charge in [0.15, 0.2) is 5.60 Å². The Hall–Kier alpha value is -2.38. The van der Waals surface area contributed by atoms with Crippen molar-refractivity contribution in [1.82, 2.24) is 0 Å².